The molecule has 0 amide bonds. The van der Waals surface area contributed by atoms with Gasteiger partial charge in [0.05, 0.1) is 17.3 Å². The Morgan fingerprint density at radius 3 is 2.82 bits per heavy atom. The van der Waals surface area contributed by atoms with Crippen LogP contribution in [0.5, 0.6) is 5.75 Å². The number of hydrogen-bond acceptors (Lipinski definition) is 5. The number of aromatic hydroxyl groups is 1. The minimum atomic E-state index is -0.805. The molecule has 144 valence electrons. The van der Waals surface area contributed by atoms with Gasteiger partial charge in [-0.25, -0.2) is 4.39 Å². The number of nitrogens with zero attached hydrogens (tertiary/aromatic N) is 4. The number of alkyl halides is 1. The summed E-state index contributed by atoms with van der Waals surface area (Å²) in [5, 5.41) is 19.9. The predicted molar refractivity (Wildman–Crippen MR) is 107 cm³/mol. The molecule has 3 aromatic rings. The molecule has 1 aromatic carbocycles. The Labute approximate surface area is 163 Å². The van der Waals surface area contributed by atoms with Crippen LogP contribution in [0.15, 0.2) is 42.6 Å². The number of anilines is 1. The third-order valence-electron chi connectivity index (χ3n) is 6.48. The predicted octanol–water partition coefficient (Wildman–Crippen LogP) is 4.36. The van der Waals surface area contributed by atoms with E-state index in [1.807, 2.05) is 42.3 Å². The van der Waals surface area contributed by atoms with Crippen LogP contribution >= 0.6 is 0 Å². The van der Waals surface area contributed by atoms with Crippen molar-refractivity contribution in [3.8, 4) is 17.0 Å². The van der Waals surface area contributed by atoms with E-state index in [9.17, 15) is 9.50 Å². The molecule has 5 rings (SSSR count). The number of hydrogen-bond donors (Lipinski definition) is 1. The molecule has 0 spiro atoms. The summed E-state index contributed by atoms with van der Waals surface area (Å²) in [5.41, 5.74) is 1.95. The van der Waals surface area contributed by atoms with Crippen molar-refractivity contribution < 1.29 is 9.50 Å². The van der Waals surface area contributed by atoms with Crippen molar-refractivity contribution in [3.05, 3.63) is 42.6 Å². The fourth-order valence-electron chi connectivity index (χ4n) is 4.91. The van der Waals surface area contributed by atoms with E-state index in [2.05, 4.69) is 15.2 Å². The summed E-state index contributed by atoms with van der Waals surface area (Å²) in [6.07, 6.45) is 4.99. The summed E-state index contributed by atoms with van der Waals surface area (Å²) in [7, 11) is 1.91. The summed E-state index contributed by atoms with van der Waals surface area (Å²) in [6, 6.07) is 10.8. The van der Waals surface area contributed by atoms with Gasteiger partial charge in [0, 0.05) is 24.2 Å². The van der Waals surface area contributed by atoms with E-state index in [-0.39, 0.29) is 17.7 Å². The molecule has 2 aromatic heterocycles. The van der Waals surface area contributed by atoms with Gasteiger partial charge < -0.3 is 10.0 Å². The van der Waals surface area contributed by atoms with Crippen molar-refractivity contribution in [1.29, 1.82) is 0 Å². The Bertz CT molecular complexity index is 1010. The Balaban J connectivity index is 1.42. The average Bonchev–Trinajstić information content (AvgIpc) is 3.13. The molecular formula is C22H23FN4O. The number of benzene rings is 1. The van der Waals surface area contributed by atoms with Gasteiger partial charge in [-0.1, -0.05) is 6.07 Å². The van der Waals surface area contributed by atoms with Crippen LogP contribution in [0.25, 0.3) is 22.2 Å². The maximum Gasteiger partial charge on any atom is 0.151 e. The number of aromatic nitrogens is 3. The summed E-state index contributed by atoms with van der Waals surface area (Å²) >= 11 is 0. The fraction of sp³-hybridized carbons (Fsp3) is 0.409. The molecule has 2 fully saturated rings. The first-order valence-corrected chi connectivity index (χ1v) is 9.89. The van der Waals surface area contributed by atoms with E-state index < -0.39 is 6.17 Å². The van der Waals surface area contributed by atoms with Gasteiger partial charge in [-0.15, -0.1) is 10.2 Å². The Morgan fingerprint density at radius 2 is 2.00 bits per heavy atom. The fourth-order valence-corrected chi connectivity index (χ4v) is 4.91. The zero-order valence-corrected chi connectivity index (χ0v) is 15.8. The second-order valence-electron chi connectivity index (χ2n) is 8.14. The zero-order chi connectivity index (χ0) is 19.3. The minimum absolute atomic E-state index is 0.135. The second-order valence-corrected chi connectivity index (χ2v) is 8.14. The Kier molecular flexibility index (Phi) is 4.14. The summed E-state index contributed by atoms with van der Waals surface area (Å²) in [4.78, 5) is 6.27. The third kappa shape index (κ3) is 2.87. The summed E-state index contributed by atoms with van der Waals surface area (Å²) < 4.78 is 14.9. The zero-order valence-electron chi connectivity index (χ0n) is 15.8. The average molecular weight is 378 g/mol. The van der Waals surface area contributed by atoms with Crippen LogP contribution in [0, 0.1) is 11.8 Å². The van der Waals surface area contributed by atoms with E-state index in [1.54, 1.807) is 12.3 Å². The second kappa shape index (κ2) is 6.69. The molecule has 2 saturated carbocycles. The van der Waals surface area contributed by atoms with Gasteiger partial charge in [0.25, 0.3) is 0 Å². The third-order valence-corrected chi connectivity index (χ3v) is 6.48. The number of pyridine rings is 1. The molecule has 0 unspecified atom stereocenters. The van der Waals surface area contributed by atoms with Crippen LogP contribution in [-0.4, -0.2) is 39.5 Å². The molecule has 2 aliphatic rings. The first-order valence-electron chi connectivity index (χ1n) is 9.89. The SMILES string of the molecule is CN(c1ccc(-c2cc3ncccc3cc2O)nn1)[C@@H]1C[C@H]2CC[C@H](C2)[C@@H]1F. The van der Waals surface area contributed by atoms with E-state index in [4.69, 9.17) is 0 Å². The van der Waals surface area contributed by atoms with Crippen molar-refractivity contribution in [2.45, 2.75) is 37.9 Å². The van der Waals surface area contributed by atoms with E-state index in [0.29, 0.717) is 23.0 Å². The lowest BCUT2D eigenvalue weighted by Gasteiger charge is -2.38. The number of rotatable bonds is 3. The molecule has 2 bridgehead atoms. The lowest BCUT2D eigenvalue weighted by molar-refractivity contribution is 0.144. The van der Waals surface area contributed by atoms with Crippen molar-refractivity contribution in [2.75, 3.05) is 11.9 Å². The van der Waals surface area contributed by atoms with E-state index >= 15 is 0 Å². The van der Waals surface area contributed by atoms with Crippen molar-refractivity contribution in [2.24, 2.45) is 11.8 Å². The van der Waals surface area contributed by atoms with Gasteiger partial charge in [-0.05, 0) is 67.9 Å². The number of phenols is 1. The Hall–Kier alpha value is -2.76. The highest BCUT2D eigenvalue weighted by Gasteiger charge is 2.44. The van der Waals surface area contributed by atoms with Crippen LogP contribution < -0.4 is 4.90 Å². The first kappa shape index (κ1) is 17.3. The van der Waals surface area contributed by atoms with Crippen molar-refractivity contribution in [3.63, 3.8) is 0 Å². The minimum Gasteiger partial charge on any atom is -0.507 e. The molecule has 0 saturated heterocycles. The smallest absolute Gasteiger partial charge is 0.151 e. The first-order chi connectivity index (χ1) is 13.6. The quantitative estimate of drug-likeness (QED) is 0.734. The molecule has 5 nitrogen and oxygen atoms in total. The van der Waals surface area contributed by atoms with Crippen LogP contribution in [0.3, 0.4) is 0 Å². The molecule has 2 heterocycles. The van der Waals surface area contributed by atoms with E-state index in [1.165, 1.54) is 0 Å². The highest BCUT2D eigenvalue weighted by atomic mass is 19.1. The number of phenolic OH excluding ortho intramolecular Hbond substituents is 1. The van der Waals surface area contributed by atoms with E-state index in [0.717, 1.165) is 36.6 Å². The maximum atomic E-state index is 14.9. The number of fused-ring (bicyclic) bond motifs is 3. The summed E-state index contributed by atoms with van der Waals surface area (Å²) in [6.45, 7) is 0. The van der Waals surface area contributed by atoms with Crippen LogP contribution in [-0.2, 0) is 0 Å². The van der Waals surface area contributed by atoms with Gasteiger partial charge in [0.15, 0.2) is 5.82 Å². The molecule has 0 aliphatic heterocycles. The standard InChI is InChI=1S/C22H23FN4O/c1-27(19-10-13-4-5-15(9-13)22(19)23)21-7-6-17(25-26-21)16-12-18-14(11-20(16)28)3-2-8-24-18/h2-3,6-8,11-13,15,19,22,28H,4-5,9-10H2,1H3/t13-,15+,19+,22-/m0/s1. The topological polar surface area (TPSA) is 62.1 Å². The van der Waals surface area contributed by atoms with Crippen molar-refractivity contribution in [1.82, 2.24) is 15.2 Å². The molecule has 28 heavy (non-hydrogen) atoms. The molecule has 4 atom stereocenters. The Morgan fingerprint density at radius 1 is 1.11 bits per heavy atom. The molecular weight excluding hydrogens is 355 g/mol. The molecule has 0 radical (unpaired) electrons. The van der Waals surface area contributed by atoms with Crippen LogP contribution in [0.1, 0.15) is 25.7 Å². The van der Waals surface area contributed by atoms with Gasteiger partial charge >= 0.3 is 0 Å². The lowest BCUT2D eigenvalue weighted by atomic mass is 9.83. The lowest BCUT2D eigenvalue weighted by Crippen LogP contribution is -2.46. The van der Waals surface area contributed by atoms with Crippen LogP contribution in [0.2, 0.25) is 0 Å². The normalized spacial score (nSPS) is 26.5. The largest absolute Gasteiger partial charge is 0.507 e. The molecule has 6 heteroatoms. The molecule has 1 N–H and O–H groups in total. The molecule has 2 aliphatic carbocycles. The monoisotopic (exact) mass is 378 g/mol. The summed E-state index contributed by atoms with van der Waals surface area (Å²) in [5.74, 6) is 1.64. The number of halogens is 1. The van der Waals surface area contributed by atoms with Crippen molar-refractivity contribution >= 4 is 16.7 Å². The van der Waals surface area contributed by atoms with Gasteiger partial charge in [-0.3, -0.25) is 4.98 Å². The highest BCUT2D eigenvalue weighted by Crippen LogP contribution is 2.45. The maximum absolute atomic E-state index is 14.9. The van der Waals surface area contributed by atoms with Gasteiger partial charge in [0.1, 0.15) is 11.9 Å². The van der Waals surface area contributed by atoms with Crippen LogP contribution in [0.4, 0.5) is 10.2 Å². The van der Waals surface area contributed by atoms with Gasteiger partial charge in [-0.2, -0.15) is 0 Å². The van der Waals surface area contributed by atoms with Gasteiger partial charge in [0.2, 0.25) is 0 Å². The highest BCUT2D eigenvalue weighted by molar-refractivity contribution is 5.87.